The summed E-state index contributed by atoms with van der Waals surface area (Å²) >= 11 is 0. The molecule has 1 N–H and O–H groups in total. The molecule has 0 unspecified atom stereocenters. The number of carbonyl (C=O) groups excluding carboxylic acids is 3. The van der Waals surface area contributed by atoms with Crippen LogP contribution in [-0.2, 0) is 9.47 Å². The fourth-order valence-electron chi connectivity index (χ4n) is 2.98. The smallest absolute Gasteiger partial charge is 0.344 e. The van der Waals surface area contributed by atoms with Gasteiger partial charge in [-0.3, -0.25) is 10.1 Å². The number of hydrogen-bond acceptors (Lipinski definition) is 7. The van der Waals surface area contributed by atoms with Crippen LogP contribution in [0.5, 0.6) is 11.5 Å². The van der Waals surface area contributed by atoms with E-state index in [0.29, 0.717) is 11.5 Å². The van der Waals surface area contributed by atoms with Gasteiger partial charge in [0.1, 0.15) is 28.4 Å². The predicted molar refractivity (Wildman–Crippen MR) is 116 cm³/mol. The van der Waals surface area contributed by atoms with Gasteiger partial charge in [0.05, 0.1) is 13.2 Å². The van der Waals surface area contributed by atoms with E-state index >= 15 is 0 Å². The van der Waals surface area contributed by atoms with Crippen LogP contribution in [0.25, 0.3) is 0 Å². The Morgan fingerprint density at radius 1 is 0.844 bits per heavy atom. The molecule has 0 aliphatic heterocycles. The van der Waals surface area contributed by atoms with Crippen molar-refractivity contribution in [3.63, 3.8) is 0 Å². The molecule has 32 heavy (non-hydrogen) atoms. The van der Waals surface area contributed by atoms with Gasteiger partial charge in [-0.15, -0.1) is 0 Å². The molecular weight excluding hydrogens is 414 g/mol. The zero-order chi connectivity index (χ0) is 23.1. The topological polar surface area (TPSA) is 104 Å². The molecule has 0 bridgehead atoms. The van der Waals surface area contributed by atoms with Gasteiger partial charge in [0.2, 0.25) is 5.88 Å². The lowest BCUT2D eigenvalue weighted by atomic mass is 10.1. The molecule has 0 aliphatic rings. The SMILES string of the molecule is CCOC(=O)c1c(C)oc(NC(=O)c2cccc(Oc3ccccc3)c2)c1C(=O)OCC. The number of esters is 2. The fourth-order valence-corrected chi connectivity index (χ4v) is 2.98. The van der Waals surface area contributed by atoms with Crippen LogP contribution in [0.15, 0.2) is 59.0 Å². The van der Waals surface area contributed by atoms with Crippen molar-refractivity contribution in [3.05, 3.63) is 77.0 Å². The lowest BCUT2D eigenvalue weighted by Crippen LogP contribution is -2.17. The second-order valence-corrected chi connectivity index (χ2v) is 6.58. The first-order chi connectivity index (χ1) is 15.4. The van der Waals surface area contributed by atoms with Crippen LogP contribution in [0.3, 0.4) is 0 Å². The van der Waals surface area contributed by atoms with Gasteiger partial charge in [-0.25, -0.2) is 9.59 Å². The van der Waals surface area contributed by atoms with Crippen molar-refractivity contribution in [2.24, 2.45) is 0 Å². The van der Waals surface area contributed by atoms with Gasteiger partial charge in [0, 0.05) is 5.56 Å². The minimum absolute atomic E-state index is 0.0809. The maximum atomic E-state index is 12.9. The van der Waals surface area contributed by atoms with E-state index in [1.54, 1.807) is 50.2 Å². The molecule has 0 saturated carbocycles. The number of ether oxygens (including phenoxy) is 3. The Morgan fingerprint density at radius 2 is 1.47 bits per heavy atom. The van der Waals surface area contributed by atoms with Crippen molar-refractivity contribution < 1.29 is 33.0 Å². The Morgan fingerprint density at radius 3 is 2.12 bits per heavy atom. The molecule has 0 saturated heterocycles. The third kappa shape index (κ3) is 5.15. The van der Waals surface area contributed by atoms with Gasteiger partial charge >= 0.3 is 11.9 Å². The average molecular weight is 437 g/mol. The molecule has 3 rings (SSSR count). The van der Waals surface area contributed by atoms with Crippen LogP contribution in [-0.4, -0.2) is 31.1 Å². The molecule has 1 amide bonds. The van der Waals surface area contributed by atoms with Crippen LogP contribution in [0.2, 0.25) is 0 Å². The number of furan rings is 1. The van der Waals surface area contributed by atoms with Crippen molar-refractivity contribution >= 4 is 23.7 Å². The Kier molecular flexibility index (Phi) is 7.28. The van der Waals surface area contributed by atoms with Crippen molar-refractivity contribution in [1.82, 2.24) is 0 Å². The lowest BCUT2D eigenvalue weighted by Gasteiger charge is -2.09. The standard InChI is InChI=1S/C24H23NO7/c1-4-29-23(27)19-15(3)31-22(20(19)24(28)30-5-2)25-21(26)16-10-9-13-18(14-16)32-17-11-7-6-8-12-17/h6-14H,4-5H2,1-3H3,(H,25,26). The van der Waals surface area contributed by atoms with Crippen LogP contribution in [0, 0.1) is 6.92 Å². The summed E-state index contributed by atoms with van der Waals surface area (Å²) in [6, 6.07) is 15.6. The first-order valence-electron chi connectivity index (χ1n) is 10.1. The Labute approximate surface area is 185 Å². The molecule has 8 heteroatoms. The van der Waals surface area contributed by atoms with E-state index in [1.165, 1.54) is 6.92 Å². The normalized spacial score (nSPS) is 10.3. The molecule has 0 spiro atoms. The summed E-state index contributed by atoms with van der Waals surface area (Å²) in [6.45, 7) is 4.97. The molecule has 0 radical (unpaired) electrons. The highest BCUT2D eigenvalue weighted by Gasteiger charge is 2.31. The maximum Gasteiger partial charge on any atom is 0.344 e. The highest BCUT2D eigenvalue weighted by atomic mass is 16.5. The first-order valence-corrected chi connectivity index (χ1v) is 10.1. The van der Waals surface area contributed by atoms with E-state index in [1.807, 2.05) is 18.2 Å². The van der Waals surface area contributed by atoms with Crippen molar-refractivity contribution in [2.75, 3.05) is 18.5 Å². The summed E-state index contributed by atoms with van der Waals surface area (Å²) in [5.74, 6) is -1.09. The number of carbonyl (C=O) groups is 3. The van der Waals surface area contributed by atoms with Crippen LogP contribution in [0.1, 0.15) is 50.7 Å². The molecular formula is C24H23NO7. The highest BCUT2D eigenvalue weighted by Crippen LogP contribution is 2.30. The summed E-state index contributed by atoms with van der Waals surface area (Å²) in [4.78, 5) is 37.8. The van der Waals surface area contributed by atoms with Gasteiger partial charge in [-0.1, -0.05) is 24.3 Å². The summed E-state index contributed by atoms with van der Waals surface area (Å²) < 4.78 is 21.4. The van der Waals surface area contributed by atoms with Gasteiger partial charge in [-0.05, 0) is 51.1 Å². The number of rotatable bonds is 8. The van der Waals surface area contributed by atoms with Gasteiger partial charge in [-0.2, -0.15) is 0 Å². The van der Waals surface area contributed by atoms with Gasteiger partial charge in [0.15, 0.2) is 0 Å². The van der Waals surface area contributed by atoms with Crippen molar-refractivity contribution in [1.29, 1.82) is 0 Å². The predicted octanol–water partition coefficient (Wildman–Crippen LogP) is 4.99. The van der Waals surface area contributed by atoms with E-state index in [9.17, 15) is 14.4 Å². The quantitative estimate of drug-likeness (QED) is 0.495. The summed E-state index contributed by atoms with van der Waals surface area (Å²) in [5.41, 5.74) is -0.00502. The van der Waals surface area contributed by atoms with E-state index < -0.39 is 17.8 Å². The number of benzene rings is 2. The summed E-state index contributed by atoms with van der Waals surface area (Å²) in [7, 11) is 0. The minimum Gasteiger partial charge on any atom is -0.462 e. The third-order valence-electron chi connectivity index (χ3n) is 4.35. The van der Waals surface area contributed by atoms with Crippen molar-refractivity contribution in [2.45, 2.75) is 20.8 Å². The van der Waals surface area contributed by atoms with Crippen LogP contribution < -0.4 is 10.1 Å². The summed E-state index contributed by atoms with van der Waals surface area (Å²) in [6.07, 6.45) is 0. The molecule has 166 valence electrons. The minimum atomic E-state index is -0.802. The van der Waals surface area contributed by atoms with E-state index in [2.05, 4.69) is 5.32 Å². The van der Waals surface area contributed by atoms with Crippen molar-refractivity contribution in [3.8, 4) is 11.5 Å². The number of amides is 1. The number of anilines is 1. The molecule has 2 aromatic carbocycles. The largest absolute Gasteiger partial charge is 0.462 e. The monoisotopic (exact) mass is 437 g/mol. The molecule has 8 nitrogen and oxygen atoms in total. The first kappa shape index (κ1) is 22.6. The Balaban J connectivity index is 1.89. The fraction of sp³-hybridized carbons (Fsp3) is 0.208. The zero-order valence-electron chi connectivity index (χ0n) is 18.0. The number of hydrogen-bond donors (Lipinski definition) is 1. The Bertz CT molecular complexity index is 1120. The third-order valence-corrected chi connectivity index (χ3v) is 4.35. The second-order valence-electron chi connectivity index (χ2n) is 6.58. The van der Waals surface area contributed by atoms with Gasteiger partial charge < -0.3 is 18.6 Å². The highest BCUT2D eigenvalue weighted by molar-refractivity contribution is 6.11. The summed E-state index contributed by atoms with van der Waals surface area (Å²) in [5, 5.41) is 2.55. The zero-order valence-corrected chi connectivity index (χ0v) is 18.0. The van der Waals surface area contributed by atoms with Gasteiger partial charge in [0.25, 0.3) is 5.91 Å². The lowest BCUT2D eigenvalue weighted by molar-refractivity contribution is 0.0480. The molecule has 1 aromatic heterocycles. The molecule has 3 aromatic rings. The maximum absolute atomic E-state index is 12.9. The van der Waals surface area contributed by atoms with Crippen LogP contribution in [0.4, 0.5) is 5.88 Å². The average Bonchev–Trinajstić information content (AvgIpc) is 3.10. The number of aryl methyl sites for hydroxylation is 1. The number of nitrogens with one attached hydrogen (secondary N) is 1. The van der Waals surface area contributed by atoms with Crippen LogP contribution >= 0.6 is 0 Å². The van der Waals surface area contributed by atoms with E-state index in [0.717, 1.165) is 0 Å². The van der Waals surface area contributed by atoms with E-state index in [-0.39, 0.29) is 41.5 Å². The Hall–Kier alpha value is -4.07. The molecule has 1 heterocycles. The molecule has 0 fully saturated rings. The number of para-hydroxylation sites is 1. The van der Waals surface area contributed by atoms with E-state index in [4.69, 9.17) is 18.6 Å². The second kappa shape index (κ2) is 10.3. The molecule has 0 atom stereocenters. The molecule has 0 aliphatic carbocycles.